The summed E-state index contributed by atoms with van der Waals surface area (Å²) >= 11 is 0. The minimum atomic E-state index is 1.03. The lowest BCUT2D eigenvalue weighted by atomic mass is 9.55. The smallest absolute Gasteiger partial charge is 0.0174 e. The van der Waals surface area contributed by atoms with Gasteiger partial charge in [0, 0.05) is 0 Å². The van der Waals surface area contributed by atoms with Gasteiger partial charge in [-0.15, -0.1) is 0 Å². The van der Waals surface area contributed by atoms with Crippen LogP contribution >= 0.6 is 0 Å². The second-order valence-electron chi connectivity index (χ2n) is 3.89. The largest absolute Gasteiger partial charge is 0.0816 e. The Labute approximate surface area is 56.0 Å². The van der Waals surface area contributed by atoms with Crippen molar-refractivity contribution in [1.29, 1.82) is 0 Å². The minimum absolute atomic E-state index is 1.03. The van der Waals surface area contributed by atoms with Gasteiger partial charge < -0.3 is 0 Å². The Morgan fingerprint density at radius 2 is 2.22 bits per heavy atom. The van der Waals surface area contributed by atoms with E-state index in [1.54, 1.807) is 6.42 Å². The lowest BCUT2D eigenvalue weighted by molar-refractivity contribution is 0.122. The Morgan fingerprint density at radius 3 is 2.56 bits per heavy atom. The van der Waals surface area contributed by atoms with Gasteiger partial charge in [-0.25, -0.2) is 0 Å². The van der Waals surface area contributed by atoms with E-state index in [1.165, 1.54) is 19.3 Å². The molecule has 0 N–H and O–H groups in total. The molecule has 0 aromatic heterocycles. The molecule has 0 aliphatic heterocycles. The average molecular weight is 120 g/mol. The Kier molecular flexibility index (Phi) is 0.633. The summed E-state index contributed by atoms with van der Waals surface area (Å²) in [5.41, 5.74) is 1.82. The second kappa shape index (κ2) is 1.25. The fraction of sp³-hybridized carbons (Fsp3) is 0.778. The molecule has 0 saturated heterocycles. The fourth-order valence-corrected chi connectivity index (χ4v) is 2.73. The molecule has 48 valence electrons. The van der Waals surface area contributed by atoms with Gasteiger partial charge >= 0.3 is 0 Å². The third-order valence-electron chi connectivity index (χ3n) is 3.45. The summed E-state index contributed by atoms with van der Waals surface area (Å²) in [6.45, 7) is 0. The molecule has 3 unspecified atom stereocenters. The average Bonchev–Trinajstić information content (AvgIpc) is 1.67. The first-order valence-corrected chi connectivity index (χ1v) is 4.14. The van der Waals surface area contributed by atoms with E-state index < -0.39 is 0 Å². The maximum absolute atomic E-state index is 2.53. The van der Waals surface area contributed by atoms with Gasteiger partial charge in [-0.3, -0.25) is 0 Å². The molecule has 0 nitrogen and oxygen atoms in total. The quantitative estimate of drug-likeness (QED) is 0.430. The molecule has 0 amide bonds. The van der Waals surface area contributed by atoms with Crippen LogP contribution in [-0.2, 0) is 0 Å². The number of allylic oxidation sites excluding steroid dienone is 2. The van der Waals surface area contributed by atoms with E-state index >= 15 is 0 Å². The predicted molar refractivity (Wildman–Crippen MR) is 37.0 cm³/mol. The van der Waals surface area contributed by atoms with Crippen molar-refractivity contribution in [2.75, 3.05) is 0 Å². The third kappa shape index (κ3) is 0.417. The maximum atomic E-state index is 2.53. The van der Waals surface area contributed by atoms with E-state index in [2.05, 4.69) is 6.08 Å². The summed E-state index contributed by atoms with van der Waals surface area (Å²) in [5.74, 6) is 3.25. The molecule has 4 aliphatic rings. The lowest BCUT2D eigenvalue weighted by Gasteiger charge is -2.50. The highest BCUT2D eigenvalue weighted by molar-refractivity contribution is 5.27. The van der Waals surface area contributed by atoms with Crippen LogP contribution in [0.3, 0.4) is 0 Å². The lowest BCUT2D eigenvalue weighted by Crippen LogP contribution is -2.39. The predicted octanol–water partition coefficient (Wildman–Crippen LogP) is 2.36. The minimum Gasteiger partial charge on any atom is -0.0816 e. The summed E-state index contributed by atoms with van der Waals surface area (Å²) in [4.78, 5) is 0. The fourth-order valence-electron chi connectivity index (χ4n) is 2.73. The number of rotatable bonds is 0. The van der Waals surface area contributed by atoms with Crippen molar-refractivity contribution in [3.8, 4) is 0 Å². The molecule has 3 atom stereocenters. The van der Waals surface area contributed by atoms with E-state index in [1.807, 2.05) is 5.57 Å². The van der Waals surface area contributed by atoms with Crippen molar-refractivity contribution >= 4 is 0 Å². The topological polar surface area (TPSA) is 0 Å². The van der Waals surface area contributed by atoms with Gasteiger partial charge in [0.1, 0.15) is 0 Å². The Morgan fingerprint density at radius 1 is 1.33 bits per heavy atom. The van der Waals surface area contributed by atoms with Crippen LogP contribution in [0.4, 0.5) is 0 Å². The monoisotopic (exact) mass is 120 g/mol. The van der Waals surface area contributed by atoms with Crippen LogP contribution in [0.1, 0.15) is 25.7 Å². The molecule has 0 heterocycles. The summed E-state index contributed by atoms with van der Waals surface area (Å²) in [6.07, 6.45) is 8.59. The van der Waals surface area contributed by atoms with Crippen LogP contribution in [0.5, 0.6) is 0 Å². The molecular weight excluding hydrogens is 108 g/mol. The molecule has 0 aromatic carbocycles. The molecule has 0 heteroatoms. The molecule has 0 spiro atoms. The molecule has 0 radical (unpaired) electrons. The Balaban J connectivity index is 1.98. The highest BCUT2D eigenvalue weighted by atomic mass is 14.5. The first-order valence-electron chi connectivity index (χ1n) is 4.14. The molecular formula is C9H12. The van der Waals surface area contributed by atoms with Crippen LogP contribution in [-0.4, -0.2) is 0 Å². The van der Waals surface area contributed by atoms with Crippen molar-refractivity contribution in [2.24, 2.45) is 17.8 Å². The van der Waals surface area contributed by atoms with E-state index in [0.29, 0.717) is 0 Å². The van der Waals surface area contributed by atoms with E-state index in [9.17, 15) is 0 Å². The van der Waals surface area contributed by atoms with E-state index in [0.717, 1.165) is 17.8 Å². The molecule has 0 aromatic rings. The zero-order valence-electron chi connectivity index (χ0n) is 5.64. The zero-order valence-corrected chi connectivity index (χ0v) is 5.64. The number of hydrogen-bond donors (Lipinski definition) is 0. The van der Waals surface area contributed by atoms with Gasteiger partial charge in [0.25, 0.3) is 0 Å². The molecule has 2 saturated carbocycles. The van der Waals surface area contributed by atoms with Crippen molar-refractivity contribution in [3.63, 3.8) is 0 Å². The molecule has 4 rings (SSSR count). The highest BCUT2D eigenvalue weighted by Crippen LogP contribution is 2.55. The molecule has 9 heavy (non-hydrogen) atoms. The van der Waals surface area contributed by atoms with Crippen LogP contribution in [0.2, 0.25) is 0 Å². The highest BCUT2D eigenvalue weighted by Gasteiger charge is 2.43. The maximum Gasteiger partial charge on any atom is -0.0174 e. The Hall–Kier alpha value is -0.260. The molecule has 4 aliphatic carbocycles. The third-order valence-corrected chi connectivity index (χ3v) is 3.45. The normalized spacial score (nSPS) is 52.4. The Bertz CT molecular complexity index is 178. The van der Waals surface area contributed by atoms with E-state index in [-0.39, 0.29) is 0 Å². The molecule has 2 bridgehead atoms. The summed E-state index contributed by atoms with van der Waals surface area (Å²) in [6, 6.07) is 0. The summed E-state index contributed by atoms with van der Waals surface area (Å²) in [7, 11) is 0. The molecule has 2 fully saturated rings. The standard InChI is InChI=1S/C9H12/c1-2-9-7(1)3-6-4-8(9)5-6/h4,6-7,9H,1-3,5H2. The van der Waals surface area contributed by atoms with Crippen LogP contribution in [0.15, 0.2) is 11.6 Å². The van der Waals surface area contributed by atoms with Gasteiger partial charge in [0.15, 0.2) is 0 Å². The summed E-state index contributed by atoms with van der Waals surface area (Å²) < 4.78 is 0. The van der Waals surface area contributed by atoms with Crippen LogP contribution < -0.4 is 0 Å². The van der Waals surface area contributed by atoms with Gasteiger partial charge in [-0.1, -0.05) is 11.6 Å². The van der Waals surface area contributed by atoms with Crippen molar-refractivity contribution in [1.82, 2.24) is 0 Å². The van der Waals surface area contributed by atoms with Gasteiger partial charge in [0.05, 0.1) is 0 Å². The van der Waals surface area contributed by atoms with Crippen molar-refractivity contribution in [3.05, 3.63) is 11.6 Å². The second-order valence-corrected chi connectivity index (χ2v) is 3.89. The van der Waals surface area contributed by atoms with Gasteiger partial charge in [-0.2, -0.15) is 0 Å². The van der Waals surface area contributed by atoms with Crippen molar-refractivity contribution in [2.45, 2.75) is 25.7 Å². The van der Waals surface area contributed by atoms with Gasteiger partial charge in [0.2, 0.25) is 0 Å². The first kappa shape index (κ1) is 4.54. The first-order chi connectivity index (χ1) is 4.43. The summed E-state index contributed by atoms with van der Waals surface area (Å²) in [5, 5.41) is 0. The number of hydrogen-bond acceptors (Lipinski definition) is 0. The van der Waals surface area contributed by atoms with Gasteiger partial charge in [-0.05, 0) is 43.4 Å². The van der Waals surface area contributed by atoms with Crippen LogP contribution in [0.25, 0.3) is 0 Å². The van der Waals surface area contributed by atoms with Crippen LogP contribution in [0, 0.1) is 17.8 Å². The van der Waals surface area contributed by atoms with Crippen molar-refractivity contribution < 1.29 is 0 Å². The SMILES string of the molecule is C1=C2CC1CC1CCC21. The van der Waals surface area contributed by atoms with E-state index in [4.69, 9.17) is 0 Å². The zero-order chi connectivity index (χ0) is 5.84.